The smallest absolute Gasteiger partial charge is 0.306 e. The SMILES string of the molecule is CCCCCCCCCCCC(=O)OC(CCCCCC)CN(CCCN(C)C)CC(CCCCCC)OC(=O)CCCCCCCCCCC. The van der Waals surface area contributed by atoms with E-state index in [0.717, 1.165) is 84.0 Å². The summed E-state index contributed by atoms with van der Waals surface area (Å²) in [5.74, 6) is -0.0645. The predicted molar refractivity (Wildman–Crippen MR) is 221 cm³/mol. The topological polar surface area (TPSA) is 59.1 Å². The molecule has 6 heteroatoms. The summed E-state index contributed by atoms with van der Waals surface area (Å²) in [5, 5.41) is 0. The standard InChI is InChI=1S/C45H90N2O4/c1-7-11-15-19-21-23-25-27-31-36-44(48)50-42(34-29-17-13-9-3)40-47(39-33-38-46(5)6)41-43(35-30-18-14-10-4)51-45(49)37-32-28-26-24-22-20-16-12-8-2/h42-43H,7-41H2,1-6H3. The van der Waals surface area contributed by atoms with E-state index in [-0.39, 0.29) is 24.1 Å². The van der Waals surface area contributed by atoms with Crippen LogP contribution in [-0.2, 0) is 19.1 Å². The fraction of sp³-hybridized carbons (Fsp3) is 0.956. The van der Waals surface area contributed by atoms with Crippen LogP contribution in [0.2, 0.25) is 0 Å². The van der Waals surface area contributed by atoms with Crippen LogP contribution in [0.1, 0.15) is 227 Å². The van der Waals surface area contributed by atoms with Gasteiger partial charge in [0.05, 0.1) is 0 Å². The molecule has 0 aliphatic rings. The number of unbranched alkanes of at least 4 members (excludes halogenated alkanes) is 22. The molecule has 0 bridgehead atoms. The number of hydrogen-bond acceptors (Lipinski definition) is 6. The highest BCUT2D eigenvalue weighted by molar-refractivity contribution is 5.69. The van der Waals surface area contributed by atoms with Crippen molar-refractivity contribution < 1.29 is 19.1 Å². The fourth-order valence-electron chi connectivity index (χ4n) is 7.07. The lowest BCUT2D eigenvalue weighted by Gasteiger charge is -2.31. The number of rotatable bonds is 40. The molecule has 304 valence electrons. The first kappa shape index (κ1) is 49.9. The largest absolute Gasteiger partial charge is 0.461 e. The first-order chi connectivity index (χ1) is 24.9. The van der Waals surface area contributed by atoms with Crippen molar-refractivity contribution in [3.63, 3.8) is 0 Å². The second kappa shape index (κ2) is 38.6. The molecule has 0 aromatic heterocycles. The minimum Gasteiger partial charge on any atom is -0.461 e. The minimum atomic E-state index is -0.106. The zero-order valence-electron chi connectivity index (χ0n) is 35.4. The maximum atomic E-state index is 13.1. The third-order valence-electron chi connectivity index (χ3n) is 10.3. The summed E-state index contributed by atoms with van der Waals surface area (Å²) in [5.41, 5.74) is 0. The van der Waals surface area contributed by atoms with Crippen LogP contribution in [0, 0.1) is 0 Å². The van der Waals surface area contributed by atoms with Gasteiger partial charge in [-0.25, -0.2) is 0 Å². The van der Waals surface area contributed by atoms with Gasteiger partial charge in [-0.1, -0.05) is 169 Å². The van der Waals surface area contributed by atoms with Crippen LogP contribution in [0.3, 0.4) is 0 Å². The molecular formula is C45H90N2O4. The predicted octanol–water partition coefficient (Wildman–Crippen LogP) is 12.8. The van der Waals surface area contributed by atoms with E-state index in [1.165, 1.54) is 128 Å². The first-order valence-corrected chi connectivity index (χ1v) is 22.6. The number of esters is 2. The Morgan fingerprint density at radius 2 is 0.725 bits per heavy atom. The van der Waals surface area contributed by atoms with Crippen LogP contribution in [-0.4, -0.2) is 74.2 Å². The maximum Gasteiger partial charge on any atom is 0.306 e. The lowest BCUT2D eigenvalue weighted by atomic mass is 10.1. The maximum absolute atomic E-state index is 13.1. The Kier molecular flexibility index (Phi) is 37.7. The Morgan fingerprint density at radius 3 is 1.06 bits per heavy atom. The monoisotopic (exact) mass is 723 g/mol. The molecule has 51 heavy (non-hydrogen) atoms. The van der Waals surface area contributed by atoms with Crippen molar-refractivity contribution in [2.75, 3.05) is 40.3 Å². The molecule has 6 nitrogen and oxygen atoms in total. The van der Waals surface area contributed by atoms with E-state index in [1.54, 1.807) is 0 Å². The summed E-state index contributed by atoms with van der Waals surface area (Å²) >= 11 is 0. The summed E-state index contributed by atoms with van der Waals surface area (Å²) < 4.78 is 12.5. The van der Waals surface area contributed by atoms with Crippen molar-refractivity contribution in [2.45, 2.75) is 239 Å². The Balaban J connectivity index is 5.27. The number of hydrogen-bond donors (Lipinski definition) is 0. The molecule has 0 rings (SSSR count). The molecule has 2 atom stereocenters. The molecule has 0 aromatic rings. The van der Waals surface area contributed by atoms with E-state index in [9.17, 15) is 9.59 Å². The molecule has 0 saturated carbocycles. The summed E-state index contributed by atoms with van der Waals surface area (Å²) in [7, 11) is 4.25. The van der Waals surface area contributed by atoms with Crippen molar-refractivity contribution >= 4 is 11.9 Å². The van der Waals surface area contributed by atoms with Crippen LogP contribution in [0.15, 0.2) is 0 Å². The van der Waals surface area contributed by atoms with Crippen LogP contribution in [0.25, 0.3) is 0 Å². The molecule has 0 radical (unpaired) electrons. The van der Waals surface area contributed by atoms with E-state index >= 15 is 0 Å². The third-order valence-corrected chi connectivity index (χ3v) is 10.3. The van der Waals surface area contributed by atoms with Crippen LogP contribution >= 0.6 is 0 Å². The lowest BCUT2D eigenvalue weighted by Crippen LogP contribution is -2.42. The van der Waals surface area contributed by atoms with Crippen LogP contribution in [0.4, 0.5) is 0 Å². The van der Waals surface area contributed by atoms with Crippen LogP contribution in [0.5, 0.6) is 0 Å². The number of nitrogens with zero attached hydrogens (tertiary/aromatic N) is 2. The van der Waals surface area contributed by atoms with Crippen molar-refractivity contribution in [2.24, 2.45) is 0 Å². The van der Waals surface area contributed by atoms with Crippen molar-refractivity contribution in [1.29, 1.82) is 0 Å². The Labute approximate surface area is 319 Å². The quantitative estimate of drug-likeness (QED) is 0.0463. The third kappa shape index (κ3) is 35.6. The molecule has 0 N–H and O–H groups in total. The Bertz CT molecular complexity index is 692. The van der Waals surface area contributed by atoms with Gasteiger partial charge in [0.1, 0.15) is 12.2 Å². The molecule has 0 heterocycles. The Morgan fingerprint density at radius 1 is 0.412 bits per heavy atom. The molecule has 0 aromatic carbocycles. The van der Waals surface area contributed by atoms with Gasteiger partial charge in [0.15, 0.2) is 0 Å². The van der Waals surface area contributed by atoms with Crippen LogP contribution < -0.4 is 0 Å². The second-order valence-corrected chi connectivity index (χ2v) is 16.0. The molecular weight excluding hydrogens is 633 g/mol. The molecule has 0 aliphatic heterocycles. The van der Waals surface area contributed by atoms with E-state index in [0.29, 0.717) is 12.8 Å². The highest BCUT2D eigenvalue weighted by Crippen LogP contribution is 2.18. The van der Waals surface area contributed by atoms with Gasteiger partial charge < -0.3 is 14.4 Å². The number of carbonyl (C=O) groups is 2. The number of carbonyl (C=O) groups excluding carboxylic acids is 2. The van der Waals surface area contributed by atoms with E-state index in [1.807, 2.05) is 0 Å². The molecule has 0 amide bonds. The van der Waals surface area contributed by atoms with Gasteiger partial charge >= 0.3 is 11.9 Å². The second-order valence-electron chi connectivity index (χ2n) is 16.0. The van der Waals surface area contributed by atoms with Gasteiger partial charge in [-0.2, -0.15) is 0 Å². The van der Waals surface area contributed by atoms with Gasteiger partial charge in [-0.15, -0.1) is 0 Å². The Hall–Kier alpha value is -1.14. The minimum absolute atomic E-state index is 0.0322. The van der Waals surface area contributed by atoms with E-state index in [2.05, 4.69) is 51.6 Å². The van der Waals surface area contributed by atoms with Gasteiger partial charge in [-0.05, 0) is 72.1 Å². The summed E-state index contributed by atoms with van der Waals surface area (Å²) in [6.45, 7) is 12.4. The zero-order chi connectivity index (χ0) is 37.6. The van der Waals surface area contributed by atoms with Crippen molar-refractivity contribution in [3.05, 3.63) is 0 Å². The average Bonchev–Trinajstić information content (AvgIpc) is 3.10. The van der Waals surface area contributed by atoms with Crippen molar-refractivity contribution in [3.8, 4) is 0 Å². The van der Waals surface area contributed by atoms with E-state index < -0.39 is 0 Å². The normalized spacial score (nSPS) is 12.9. The summed E-state index contributed by atoms with van der Waals surface area (Å²) in [4.78, 5) is 30.9. The van der Waals surface area contributed by atoms with Gasteiger partial charge in [0.2, 0.25) is 0 Å². The zero-order valence-corrected chi connectivity index (χ0v) is 35.4. The van der Waals surface area contributed by atoms with Gasteiger partial charge in [0.25, 0.3) is 0 Å². The van der Waals surface area contributed by atoms with Gasteiger partial charge in [0, 0.05) is 25.9 Å². The molecule has 0 aliphatic carbocycles. The van der Waals surface area contributed by atoms with E-state index in [4.69, 9.17) is 9.47 Å². The molecule has 2 unspecified atom stereocenters. The molecule has 0 saturated heterocycles. The number of ether oxygens (including phenoxy) is 2. The molecule has 0 fully saturated rings. The molecule has 0 spiro atoms. The highest BCUT2D eigenvalue weighted by atomic mass is 16.5. The first-order valence-electron chi connectivity index (χ1n) is 22.6. The fourth-order valence-corrected chi connectivity index (χ4v) is 7.07. The summed E-state index contributed by atoms with van der Waals surface area (Å²) in [6.07, 6.45) is 35.5. The summed E-state index contributed by atoms with van der Waals surface area (Å²) in [6, 6.07) is 0. The average molecular weight is 723 g/mol. The lowest BCUT2D eigenvalue weighted by molar-refractivity contribution is -0.152. The van der Waals surface area contributed by atoms with Gasteiger partial charge in [-0.3, -0.25) is 14.5 Å². The van der Waals surface area contributed by atoms with Crippen molar-refractivity contribution in [1.82, 2.24) is 9.80 Å². The highest BCUT2D eigenvalue weighted by Gasteiger charge is 2.23.